The first kappa shape index (κ1) is 10.8. The number of anilines is 1. The van der Waals surface area contributed by atoms with E-state index in [4.69, 9.17) is 0 Å². The lowest BCUT2D eigenvalue weighted by Gasteiger charge is -2.01. The number of hydrogen-bond donors (Lipinski definition) is 2. The second kappa shape index (κ2) is 4.14. The predicted octanol–water partition coefficient (Wildman–Crippen LogP) is 2.46. The first-order chi connectivity index (χ1) is 8.78. The van der Waals surface area contributed by atoms with Crippen molar-refractivity contribution in [1.29, 1.82) is 0 Å². The molecule has 0 atom stereocenters. The average Bonchev–Trinajstić information content (AvgIpc) is 2.98. The predicted molar refractivity (Wildman–Crippen MR) is 70.9 cm³/mol. The lowest BCUT2D eigenvalue weighted by molar-refractivity contribution is -0.110. The number of aromatic amines is 1. The summed E-state index contributed by atoms with van der Waals surface area (Å²) in [6, 6.07) is 6.08. The maximum absolute atomic E-state index is 11.9. The summed E-state index contributed by atoms with van der Waals surface area (Å²) in [5.74, 6) is -0.0622. The zero-order valence-corrected chi connectivity index (χ0v) is 10.0. The Balaban J connectivity index is 2.07. The molecule has 2 heterocycles. The maximum Gasteiger partial charge on any atom is 0.256 e. The van der Waals surface area contributed by atoms with Crippen LogP contribution in [0.15, 0.2) is 30.7 Å². The second-order valence-electron chi connectivity index (χ2n) is 4.25. The number of benzene rings is 1. The van der Waals surface area contributed by atoms with Gasteiger partial charge in [-0.25, -0.2) is 4.98 Å². The molecule has 0 unspecified atom stereocenters. The monoisotopic (exact) mass is 239 g/mol. The summed E-state index contributed by atoms with van der Waals surface area (Å²) < 4.78 is 0. The summed E-state index contributed by atoms with van der Waals surface area (Å²) in [5.41, 5.74) is 4.57. The van der Waals surface area contributed by atoms with Gasteiger partial charge in [0.2, 0.25) is 0 Å². The van der Waals surface area contributed by atoms with Crippen LogP contribution in [0, 0.1) is 0 Å². The minimum absolute atomic E-state index is 0.0622. The fraction of sp³-hybridized carbons (Fsp3) is 0.143. The van der Waals surface area contributed by atoms with Crippen LogP contribution in [-0.2, 0) is 11.2 Å². The number of amides is 1. The van der Waals surface area contributed by atoms with E-state index in [2.05, 4.69) is 28.3 Å². The van der Waals surface area contributed by atoms with Crippen LogP contribution in [-0.4, -0.2) is 15.9 Å². The maximum atomic E-state index is 11.9. The Morgan fingerprint density at radius 2 is 2.28 bits per heavy atom. The number of fused-ring (bicyclic) bond motifs is 1. The van der Waals surface area contributed by atoms with Crippen LogP contribution >= 0.6 is 0 Å². The molecule has 1 aromatic heterocycles. The van der Waals surface area contributed by atoms with Crippen LogP contribution in [0.25, 0.3) is 11.6 Å². The van der Waals surface area contributed by atoms with Crippen molar-refractivity contribution in [3.05, 3.63) is 47.5 Å². The Kier molecular flexibility index (Phi) is 2.48. The molecular formula is C14H13N3O. The number of H-pyrrole nitrogens is 1. The number of nitrogens with zero attached hydrogens (tertiary/aromatic N) is 1. The highest BCUT2D eigenvalue weighted by Gasteiger charge is 2.24. The van der Waals surface area contributed by atoms with Crippen molar-refractivity contribution in [2.24, 2.45) is 0 Å². The standard InChI is InChI=1S/C14H13N3O/c1-2-9-3-4-11-12(6-10-7-15-8-16-10)14(18)17-13(11)5-9/h3-8H,2H2,1H3,(H,15,16)(H,17,18)/b12-6-. The number of rotatable bonds is 2. The van der Waals surface area contributed by atoms with Gasteiger partial charge in [-0.1, -0.05) is 19.1 Å². The van der Waals surface area contributed by atoms with Gasteiger partial charge in [0.15, 0.2) is 0 Å². The third-order valence-corrected chi connectivity index (χ3v) is 3.09. The summed E-state index contributed by atoms with van der Waals surface area (Å²) in [4.78, 5) is 18.9. The van der Waals surface area contributed by atoms with Crippen molar-refractivity contribution >= 4 is 23.2 Å². The van der Waals surface area contributed by atoms with Crippen LogP contribution in [0.4, 0.5) is 5.69 Å². The quantitative estimate of drug-likeness (QED) is 0.791. The molecule has 0 radical (unpaired) electrons. The van der Waals surface area contributed by atoms with Gasteiger partial charge in [-0.2, -0.15) is 0 Å². The van der Waals surface area contributed by atoms with E-state index < -0.39 is 0 Å². The van der Waals surface area contributed by atoms with Gasteiger partial charge in [-0.15, -0.1) is 0 Å². The molecule has 90 valence electrons. The Hall–Kier alpha value is -2.36. The molecule has 3 rings (SSSR count). The van der Waals surface area contributed by atoms with Crippen molar-refractivity contribution in [1.82, 2.24) is 9.97 Å². The van der Waals surface area contributed by atoms with Crippen LogP contribution in [0.2, 0.25) is 0 Å². The first-order valence-electron chi connectivity index (χ1n) is 5.92. The minimum atomic E-state index is -0.0622. The number of carbonyl (C=O) groups is 1. The minimum Gasteiger partial charge on any atom is -0.345 e. The molecule has 0 spiro atoms. The molecule has 0 fully saturated rings. The van der Waals surface area contributed by atoms with Gasteiger partial charge < -0.3 is 10.3 Å². The Labute approximate surface area is 105 Å². The Morgan fingerprint density at radius 1 is 1.39 bits per heavy atom. The topological polar surface area (TPSA) is 57.8 Å². The lowest BCUT2D eigenvalue weighted by Crippen LogP contribution is -2.03. The Bertz CT molecular complexity index is 626. The van der Waals surface area contributed by atoms with Crippen LogP contribution in [0.3, 0.4) is 0 Å². The van der Waals surface area contributed by atoms with Gasteiger partial charge in [-0.3, -0.25) is 4.79 Å². The zero-order chi connectivity index (χ0) is 12.5. The van der Waals surface area contributed by atoms with Gasteiger partial charge in [0.1, 0.15) is 0 Å². The molecule has 1 amide bonds. The molecule has 4 heteroatoms. The van der Waals surface area contributed by atoms with Gasteiger partial charge in [0.05, 0.1) is 23.8 Å². The number of nitrogens with one attached hydrogen (secondary N) is 2. The van der Waals surface area contributed by atoms with E-state index in [1.54, 1.807) is 12.5 Å². The third-order valence-electron chi connectivity index (χ3n) is 3.09. The summed E-state index contributed by atoms with van der Waals surface area (Å²) in [7, 11) is 0. The van der Waals surface area contributed by atoms with Crippen molar-refractivity contribution in [3.63, 3.8) is 0 Å². The molecule has 2 aromatic rings. The highest BCUT2D eigenvalue weighted by Crippen LogP contribution is 2.33. The normalized spacial score (nSPS) is 15.8. The van der Waals surface area contributed by atoms with Gasteiger partial charge >= 0.3 is 0 Å². The SMILES string of the molecule is CCc1ccc2c(c1)NC(=O)/C2=C\c1cnc[nH]1. The van der Waals surface area contributed by atoms with E-state index in [9.17, 15) is 4.79 Å². The van der Waals surface area contributed by atoms with E-state index in [-0.39, 0.29) is 5.91 Å². The van der Waals surface area contributed by atoms with Crippen molar-refractivity contribution in [2.45, 2.75) is 13.3 Å². The Morgan fingerprint density at radius 3 is 3.00 bits per heavy atom. The molecule has 1 aliphatic heterocycles. The molecule has 0 saturated carbocycles. The van der Waals surface area contributed by atoms with Crippen molar-refractivity contribution in [3.8, 4) is 0 Å². The summed E-state index contributed by atoms with van der Waals surface area (Å²) in [5, 5.41) is 2.89. The second-order valence-corrected chi connectivity index (χ2v) is 4.25. The fourth-order valence-corrected chi connectivity index (χ4v) is 2.11. The van der Waals surface area contributed by atoms with E-state index >= 15 is 0 Å². The smallest absolute Gasteiger partial charge is 0.256 e. The summed E-state index contributed by atoms with van der Waals surface area (Å²) in [6.45, 7) is 2.10. The highest BCUT2D eigenvalue weighted by atomic mass is 16.2. The van der Waals surface area contributed by atoms with Crippen molar-refractivity contribution in [2.75, 3.05) is 5.32 Å². The van der Waals surface area contributed by atoms with Crippen LogP contribution < -0.4 is 5.32 Å². The number of hydrogen-bond acceptors (Lipinski definition) is 2. The summed E-state index contributed by atoms with van der Waals surface area (Å²) >= 11 is 0. The number of carbonyl (C=O) groups excluding carboxylic acids is 1. The molecule has 1 aliphatic rings. The van der Waals surface area contributed by atoms with E-state index in [1.807, 2.05) is 18.2 Å². The first-order valence-corrected chi connectivity index (χ1v) is 5.92. The number of aromatic nitrogens is 2. The van der Waals surface area contributed by atoms with Gasteiger partial charge in [0.25, 0.3) is 5.91 Å². The molecule has 1 aromatic carbocycles. The lowest BCUT2D eigenvalue weighted by atomic mass is 10.0. The van der Waals surface area contributed by atoms with Crippen LogP contribution in [0.5, 0.6) is 0 Å². The third kappa shape index (κ3) is 1.72. The molecular weight excluding hydrogens is 226 g/mol. The number of imidazole rings is 1. The summed E-state index contributed by atoms with van der Waals surface area (Å²) in [6.07, 6.45) is 6.07. The van der Waals surface area contributed by atoms with Crippen molar-refractivity contribution < 1.29 is 4.79 Å². The van der Waals surface area contributed by atoms with Crippen LogP contribution in [0.1, 0.15) is 23.7 Å². The zero-order valence-electron chi connectivity index (χ0n) is 10.0. The van der Waals surface area contributed by atoms with Gasteiger partial charge in [-0.05, 0) is 24.1 Å². The molecule has 4 nitrogen and oxygen atoms in total. The molecule has 0 saturated heterocycles. The molecule has 0 bridgehead atoms. The largest absolute Gasteiger partial charge is 0.345 e. The molecule has 0 aliphatic carbocycles. The van der Waals surface area contributed by atoms with E-state index in [0.29, 0.717) is 5.57 Å². The average molecular weight is 239 g/mol. The highest BCUT2D eigenvalue weighted by molar-refractivity contribution is 6.34. The number of aryl methyl sites for hydroxylation is 1. The van der Waals surface area contributed by atoms with E-state index in [1.165, 1.54) is 5.56 Å². The fourth-order valence-electron chi connectivity index (χ4n) is 2.11. The van der Waals surface area contributed by atoms with Gasteiger partial charge in [0, 0.05) is 11.3 Å². The molecule has 2 N–H and O–H groups in total. The van der Waals surface area contributed by atoms with E-state index in [0.717, 1.165) is 23.4 Å². The molecule has 18 heavy (non-hydrogen) atoms.